The Bertz CT molecular complexity index is 1190. The Balaban J connectivity index is 1.81. The van der Waals surface area contributed by atoms with Crippen LogP contribution in [-0.2, 0) is 22.7 Å². The zero-order chi connectivity index (χ0) is 27.4. The van der Waals surface area contributed by atoms with Crippen LogP contribution in [0.4, 0.5) is 0 Å². The Labute approximate surface area is 222 Å². The average Bonchev–Trinajstić information content (AvgIpc) is 3.31. The zero-order valence-electron chi connectivity index (χ0n) is 22.0. The van der Waals surface area contributed by atoms with Crippen molar-refractivity contribution in [1.82, 2.24) is 10.2 Å². The molecule has 1 aliphatic heterocycles. The van der Waals surface area contributed by atoms with Crippen LogP contribution < -0.4 is 14.8 Å². The fourth-order valence-corrected chi connectivity index (χ4v) is 5.23. The van der Waals surface area contributed by atoms with Gasteiger partial charge in [0.2, 0.25) is 11.8 Å². The molecule has 0 saturated carbocycles. The van der Waals surface area contributed by atoms with E-state index in [0.717, 1.165) is 11.1 Å². The van der Waals surface area contributed by atoms with E-state index in [0.29, 0.717) is 34.6 Å². The van der Waals surface area contributed by atoms with Crippen molar-refractivity contribution >= 4 is 11.8 Å². The molecule has 4 N–H and O–H groups in total. The third-order valence-corrected chi connectivity index (χ3v) is 7.11. The normalized spacial score (nSPS) is 21.6. The number of nitrogens with one attached hydrogen (secondary N) is 1. The smallest absolute Gasteiger partial charge is 0.247 e. The lowest BCUT2D eigenvalue weighted by Gasteiger charge is -2.41. The van der Waals surface area contributed by atoms with Gasteiger partial charge in [0.05, 0.1) is 32.3 Å². The Kier molecular flexibility index (Phi) is 8.71. The van der Waals surface area contributed by atoms with Crippen LogP contribution in [-0.4, -0.2) is 70.5 Å². The fraction of sp³-hybridized carbons (Fsp3) is 0.448. The lowest BCUT2D eigenvalue weighted by molar-refractivity contribution is -0.138. The van der Waals surface area contributed by atoms with Crippen LogP contribution in [0.2, 0.25) is 0 Å². The highest BCUT2D eigenvalue weighted by molar-refractivity contribution is 5.96. The first-order valence-corrected chi connectivity index (χ1v) is 12.9. The lowest BCUT2D eigenvalue weighted by atomic mass is 9.77. The number of hydrogen-bond acceptors (Lipinski definition) is 7. The van der Waals surface area contributed by atoms with Gasteiger partial charge < -0.3 is 35.0 Å². The summed E-state index contributed by atoms with van der Waals surface area (Å²) in [5.41, 5.74) is 3.52. The molecule has 2 amide bonds. The van der Waals surface area contributed by atoms with Crippen molar-refractivity contribution in [2.75, 3.05) is 20.3 Å². The fourth-order valence-electron chi connectivity index (χ4n) is 5.23. The molecule has 204 valence electrons. The molecule has 4 atom stereocenters. The summed E-state index contributed by atoms with van der Waals surface area (Å²) in [5.74, 6) is -0.437. The summed E-state index contributed by atoms with van der Waals surface area (Å²) in [5, 5.41) is 33.5. The maximum atomic E-state index is 13.4. The summed E-state index contributed by atoms with van der Waals surface area (Å²) >= 11 is 0. The number of fused-ring (bicyclic) bond motifs is 3. The van der Waals surface area contributed by atoms with Gasteiger partial charge in [-0.3, -0.25) is 9.59 Å². The number of hydrogen-bond donors (Lipinski definition) is 4. The number of ether oxygens (including phenoxy) is 2. The predicted octanol–water partition coefficient (Wildman–Crippen LogP) is 1.95. The van der Waals surface area contributed by atoms with Gasteiger partial charge >= 0.3 is 0 Å². The second-order valence-corrected chi connectivity index (χ2v) is 9.77. The predicted molar refractivity (Wildman–Crippen MR) is 141 cm³/mol. The third kappa shape index (κ3) is 5.41. The van der Waals surface area contributed by atoms with Gasteiger partial charge in [0, 0.05) is 30.6 Å². The molecular weight excluding hydrogens is 488 g/mol. The first-order valence-electron chi connectivity index (χ1n) is 12.9. The van der Waals surface area contributed by atoms with Crippen molar-refractivity contribution < 1.29 is 34.4 Å². The van der Waals surface area contributed by atoms with E-state index in [4.69, 9.17) is 9.47 Å². The monoisotopic (exact) mass is 524 g/mol. The molecule has 0 unspecified atom stereocenters. The van der Waals surface area contributed by atoms with Crippen molar-refractivity contribution in [3.63, 3.8) is 0 Å². The van der Waals surface area contributed by atoms with Crippen LogP contribution in [0.25, 0.3) is 0 Å². The molecule has 9 heteroatoms. The second-order valence-electron chi connectivity index (χ2n) is 9.77. The minimum absolute atomic E-state index is 0.0519. The number of amides is 2. The van der Waals surface area contributed by atoms with Crippen molar-refractivity contribution in [2.45, 2.75) is 64.0 Å². The maximum Gasteiger partial charge on any atom is 0.247 e. The Morgan fingerprint density at radius 3 is 2.50 bits per heavy atom. The van der Waals surface area contributed by atoms with Crippen molar-refractivity contribution in [1.29, 1.82) is 0 Å². The summed E-state index contributed by atoms with van der Waals surface area (Å²) in [6.07, 6.45) is 0.562. The Morgan fingerprint density at radius 1 is 1.13 bits per heavy atom. The molecule has 9 nitrogen and oxygen atoms in total. The highest BCUT2D eigenvalue weighted by Crippen LogP contribution is 2.51. The third-order valence-electron chi connectivity index (χ3n) is 7.11. The van der Waals surface area contributed by atoms with Crippen LogP contribution in [0.1, 0.15) is 47.9 Å². The van der Waals surface area contributed by atoms with E-state index in [1.165, 1.54) is 7.11 Å². The molecule has 1 aliphatic carbocycles. The van der Waals surface area contributed by atoms with Crippen molar-refractivity contribution in [3.05, 3.63) is 70.3 Å². The molecule has 0 bridgehead atoms. The first kappa shape index (κ1) is 27.6. The summed E-state index contributed by atoms with van der Waals surface area (Å²) in [7, 11) is 1.48. The first-order chi connectivity index (χ1) is 18.3. The molecule has 0 saturated heterocycles. The number of nitrogens with zero attached hydrogens (tertiary/aromatic N) is 1. The van der Waals surface area contributed by atoms with E-state index in [2.05, 4.69) is 5.32 Å². The summed E-state index contributed by atoms with van der Waals surface area (Å²) in [6.45, 7) is 3.74. The van der Waals surface area contributed by atoms with E-state index in [1.54, 1.807) is 23.1 Å². The largest absolute Gasteiger partial charge is 0.493 e. The minimum Gasteiger partial charge on any atom is -0.493 e. The molecule has 0 aromatic heterocycles. The van der Waals surface area contributed by atoms with Gasteiger partial charge in [0.1, 0.15) is 12.2 Å². The van der Waals surface area contributed by atoms with Crippen molar-refractivity contribution in [2.24, 2.45) is 0 Å². The highest BCUT2D eigenvalue weighted by Gasteiger charge is 2.51. The van der Waals surface area contributed by atoms with Crippen LogP contribution in [0.15, 0.2) is 48.0 Å². The SMILES string of the molecule is CCCC(=O)N(Cc1ccc(C)cc1)[C@@H]1C=C(C(=O)NCCO)[C@@H]2c3cc(CO)cc(OC)c3O[C@@H]2[C@H]1O. The van der Waals surface area contributed by atoms with Gasteiger partial charge in [-0.15, -0.1) is 0 Å². The van der Waals surface area contributed by atoms with Gasteiger partial charge in [-0.2, -0.15) is 0 Å². The molecule has 4 rings (SSSR count). The van der Waals surface area contributed by atoms with Gasteiger partial charge in [0.25, 0.3) is 0 Å². The molecule has 38 heavy (non-hydrogen) atoms. The van der Waals surface area contributed by atoms with Gasteiger partial charge in [-0.1, -0.05) is 36.8 Å². The molecule has 2 aliphatic rings. The van der Waals surface area contributed by atoms with Gasteiger partial charge in [-0.05, 0) is 42.7 Å². The molecule has 0 fully saturated rings. The number of benzene rings is 2. The topological polar surface area (TPSA) is 129 Å². The van der Waals surface area contributed by atoms with E-state index in [1.807, 2.05) is 38.1 Å². The number of rotatable bonds is 10. The summed E-state index contributed by atoms with van der Waals surface area (Å²) in [4.78, 5) is 28.3. The van der Waals surface area contributed by atoms with E-state index >= 15 is 0 Å². The molecule has 0 spiro atoms. The Hall–Kier alpha value is -3.40. The number of aryl methyl sites for hydroxylation is 1. The van der Waals surface area contributed by atoms with Crippen LogP contribution >= 0.6 is 0 Å². The Morgan fingerprint density at radius 2 is 1.87 bits per heavy atom. The quantitative estimate of drug-likeness (QED) is 0.374. The highest BCUT2D eigenvalue weighted by atomic mass is 16.5. The molecule has 1 heterocycles. The van der Waals surface area contributed by atoms with Crippen LogP contribution in [0.5, 0.6) is 11.5 Å². The molecule has 2 aromatic carbocycles. The summed E-state index contributed by atoms with van der Waals surface area (Å²) < 4.78 is 11.8. The number of carbonyl (C=O) groups excluding carboxylic acids is 2. The van der Waals surface area contributed by atoms with Crippen molar-refractivity contribution in [3.8, 4) is 11.5 Å². The molecular formula is C29H36N2O7. The van der Waals surface area contributed by atoms with E-state index < -0.39 is 30.1 Å². The molecule has 2 aromatic rings. The van der Waals surface area contributed by atoms with Gasteiger partial charge in [0.15, 0.2) is 11.5 Å². The standard InChI is InChI=1S/C29H36N2O7/c1-4-5-24(34)31(15-18-8-6-17(2)7-9-18)22-14-21(29(36)30-10-11-32)25-20-12-19(16-33)13-23(37-3)27(20)38-28(25)26(22)35/h6-9,12-14,22,25-26,28,32-33,35H,4-5,10-11,15-16H2,1-3H3,(H,30,36)/t22-,25+,26+,28+/m1/s1. The minimum atomic E-state index is -1.14. The van der Waals surface area contributed by atoms with E-state index in [-0.39, 0.29) is 38.6 Å². The van der Waals surface area contributed by atoms with Crippen LogP contribution in [0, 0.1) is 6.92 Å². The number of methoxy groups -OCH3 is 1. The zero-order valence-corrected chi connectivity index (χ0v) is 22.0. The lowest BCUT2D eigenvalue weighted by Crippen LogP contribution is -2.55. The number of carbonyl (C=O) groups is 2. The average molecular weight is 525 g/mol. The van der Waals surface area contributed by atoms with E-state index in [9.17, 15) is 24.9 Å². The summed E-state index contributed by atoms with van der Waals surface area (Å²) in [6, 6.07) is 10.4. The van der Waals surface area contributed by atoms with Gasteiger partial charge in [-0.25, -0.2) is 0 Å². The van der Waals surface area contributed by atoms with Crippen LogP contribution in [0.3, 0.4) is 0 Å². The number of aliphatic hydroxyl groups excluding tert-OH is 3. The second kappa shape index (κ2) is 12.0. The maximum absolute atomic E-state index is 13.4. The number of aliphatic hydroxyl groups is 3. The molecule has 0 radical (unpaired) electrons.